The quantitative estimate of drug-likeness (QED) is 0.680. The van der Waals surface area contributed by atoms with E-state index in [4.69, 9.17) is 4.74 Å². The summed E-state index contributed by atoms with van der Waals surface area (Å²) in [5, 5.41) is 3.25. The van der Waals surface area contributed by atoms with Gasteiger partial charge in [-0.15, -0.1) is 0 Å². The van der Waals surface area contributed by atoms with Crippen molar-refractivity contribution >= 4 is 5.82 Å². The molecule has 5 heteroatoms. The van der Waals surface area contributed by atoms with Crippen molar-refractivity contribution in [2.24, 2.45) is 0 Å². The van der Waals surface area contributed by atoms with Gasteiger partial charge in [0.1, 0.15) is 5.82 Å². The number of nitrogens with one attached hydrogen (secondary N) is 1. The summed E-state index contributed by atoms with van der Waals surface area (Å²) in [6.07, 6.45) is 7.07. The Kier molecular flexibility index (Phi) is 8.94. The molecule has 0 aliphatic rings. The summed E-state index contributed by atoms with van der Waals surface area (Å²) in [5.41, 5.74) is 1.01. The van der Waals surface area contributed by atoms with Crippen molar-refractivity contribution in [2.45, 2.75) is 52.6 Å². The number of nitrogens with zero attached hydrogens (tertiary/aromatic N) is 3. The Morgan fingerprint density at radius 2 is 1.95 bits per heavy atom. The van der Waals surface area contributed by atoms with E-state index < -0.39 is 0 Å². The largest absolute Gasteiger partial charge is 0.383 e. The molecular weight excluding hydrogens is 264 g/mol. The van der Waals surface area contributed by atoms with Crippen LogP contribution in [0.4, 0.5) is 5.82 Å². The predicted molar refractivity (Wildman–Crippen MR) is 87.5 cm³/mol. The van der Waals surface area contributed by atoms with E-state index >= 15 is 0 Å². The maximum absolute atomic E-state index is 5.22. The molecule has 1 N–H and O–H groups in total. The smallest absolute Gasteiger partial charge is 0.144 e. The van der Waals surface area contributed by atoms with Gasteiger partial charge in [-0.2, -0.15) is 0 Å². The van der Waals surface area contributed by atoms with Crippen molar-refractivity contribution in [3.63, 3.8) is 0 Å². The molecule has 0 fully saturated rings. The van der Waals surface area contributed by atoms with E-state index in [0.717, 1.165) is 57.0 Å². The molecule has 1 aromatic heterocycles. The molecule has 0 unspecified atom stereocenters. The molecule has 0 aliphatic carbocycles. The molecule has 0 atom stereocenters. The number of ether oxygens (including phenoxy) is 1. The summed E-state index contributed by atoms with van der Waals surface area (Å²) in [4.78, 5) is 11.4. The Morgan fingerprint density at radius 3 is 2.48 bits per heavy atom. The molecule has 1 aromatic rings. The van der Waals surface area contributed by atoms with Gasteiger partial charge in [0.15, 0.2) is 0 Å². The van der Waals surface area contributed by atoms with Gasteiger partial charge in [-0.3, -0.25) is 9.88 Å². The Labute approximate surface area is 129 Å². The molecule has 1 heterocycles. The van der Waals surface area contributed by atoms with Gasteiger partial charge in [-0.05, 0) is 19.3 Å². The number of hydrogen-bond acceptors (Lipinski definition) is 5. The maximum Gasteiger partial charge on any atom is 0.144 e. The lowest BCUT2D eigenvalue weighted by Gasteiger charge is -2.29. The molecule has 0 spiro atoms. The van der Waals surface area contributed by atoms with E-state index in [1.165, 1.54) is 0 Å². The molecule has 5 nitrogen and oxygen atoms in total. The highest BCUT2D eigenvalue weighted by molar-refractivity contribution is 5.30. The van der Waals surface area contributed by atoms with Gasteiger partial charge in [0.05, 0.1) is 24.7 Å². The van der Waals surface area contributed by atoms with Gasteiger partial charge < -0.3 is 10.1 Å². The van der Waals surface area contributed by atoms with Crippen LogP contribution < -0.4 is 5.32 Å². The molecule has 1 rings (SSSR count). The molecule has 0 saturated carbocycles. The van der Waals surface area contributed by atoms with Gasteiger partial charge in [0, 0.05) is 32.8 Å². The van der Waals surface area contributed by atoms with E-state index in [2.05, 4.69) is 41.0 Å². The summed E-state index contributed by atoms with van der Waals surface area (Å²) < 4.78 is 5.22. The molecular formula is C16H30N4O. The summed E-state index contributed by atoms with van der Waals surface area (Å²) in [6, 6.07) is 0.569. The zero-order valence-corrected chi connectivity index (χ0v) is 13.9. The zero-order chi connectivity index (χ0) is 15.5. The van der Waals surface area contributed by atoms with Gasteiger partial charge in [-0.25, -0.2) is 4.98 Å². The van der Waals surface area contributed by atoms with Crippen molar-refractivity contribution in [2.75, 3.05) is 32.1 Å². The minimum Gasteiger partial charge on any atom is -0.383 e. The highest BCUT2D eigenvalue weighted by Crippen LogP contribution is 2.12. The molecule has 0 aromatic carbocycles. The van der Waals surface area contributed by atoms with Crippen molar-refractivity contribution in [3.05, 3.63) is 18.1 Å². The Morgan fingerprint density at radius 1 is 1.19 bits per heavy atom. The Balaban J connectivity index is 2.64. The first-order valence-corrected chi connectivity index (χ1v) is 8.02. The second-order valence-corrected chi connectivity index (χ2v) is 5.25. The van der Waals surface area contributed by atoms with Crippen molar-refractivity contribution in [3.8, 4) is 0 Å². The third-order valence-corrected chi connectivity index (χ3v) is 3.67. The minimum absolute atomic E-state index is 0.569. The molecule has 0 saturated heterocycles. The van der Waals surface area contributed by atoms with Crippen molar-refractivity contribution < 1.29 is 4.74 Å². The average Bonchev–Trinajstić information content (AvgIpc) is 2.52. The van der Waals surface area contributed by atoms with Crippen LogP contribution in [0.2, 0.25) is 0 Å². The third-order valence-electron chi connectivity index (χ3n) is 3.67. The van der Waals surface area contributed by atoms with E-state index in [0.29, 0.717) is 6.04 Å². The Bertz CT molecular complexity index is 365. The zero-order valence-electron chi connectivity index (χ0n) is 13.9. The normalized spacial score (nSPS) is 11.3. The molecule has 120 valence electrons. The number of hydrogen-bond donors (Lipinski definition) is 1. The van der Waals surface area contributed by atoms with Crippen LogP contribution >= 0.6 is 0 Å². The van der Waals surface area contributed by atoms with E-state index in [1.807, 2.05) is 12.4 Å². The minimum atomic E-state index is 0.569. The van der Waals surface area contributed by atoms with Crippen LogP contribution in [0.1, 0.15) is 45.7 Å². The number of aromatic nitrogens is 2. The maximum atomic E-state index is 5.22. The van der Waals surface area contributed by atoms with E-state index in [9.17, 15) is 0 Å². The van der Waals surface area contributed by atoms with Gasteiger partial charge in [0.2, 0.25) is 0 Å². The third kappa shape index (κ3) is 6.40. The van der Waals surface area contributed by atoms with Crippen LogP contribution in [-0.4, -0.2) is 47.7 Å². The number of anilines is 1. The second-order valence-electron chi connectivity index (χ2n) is 5.25. The second kappa shape index (κ2) is 10.5. The van der Waals surface area contributed by atoms with E-state index in [-0.39, 0.29) is 0 Å². The summed E-state index contributed by atoms with van der Waals surface area (Å²) in [5.74, 6) is 0.853. The fourth-order valence-electron chi connectivity index (χ4n) is 2.39. The molecule has 21 heavy (non-hydrogen) atoms. The van der Waals surface area contributed by atoms with Crippen LogP contribution in [0.25, 0.3) is 0 Å². The number of methoxy groups -OCH3 is 1. The lowest BCUT2D eigenvalue weighted by atomic mass is 10.1. The summed E-state index contributed by atoms with van der Waals surface area (Å²) >= 11 is 0. The molecule has 0 bridgehead atoms. The fourth-order valence-corrected chi connectivity index (χ4v) is 2.39. The van der Waals surface area contributed by atoms with Gasteiger partial charge in [0.25, 0.3) is 0 Å². The van der Waals surface area contributed by atoms with Gasteiger partial charge >= 0.3 is 0 Å². The number of rotatable bonds is 11. The highest BCUT2D eigenvalue weighted by Gasteiger charge is 2.15. The SMILES string of the molecule is CCCNc1cnc(CN(CCOC)C(CC)CC)cn1. The Hall–Kier alpha value is -1.20. The van der Waals surface area contributed by atoms with Crippen LogP contribution in [0.3, 0.4) is 0 Å². The van der Waals surface area contributed by atoms with Crippen LogP contribution in [0.5, 0.6) is 0 Å². The molecule has 0 amide bonds. The summed E-state index contributed by atoms with van der Waals surface area (Å²) in [6.45, 7) is 10.0. The van der Waals surface area contributed by atoms with Crippen LogP contribution in [-0.2, 0) is 11.3 Å². The first-order chi connectivity index (χ1) is 10.2. The topological polar surface area (TPSA) is 50.3 Å². The van der Waals surface area contributed by atoms with E-state index in [1.54, 1.807) is 7.11 Å². The average molecular weight is 294 g/mol. The van der Waals surface area contributed by atoms with Crippen molar-refractivity contribution in [1.82, 2.24) is 14.9 Å². The van der Waals surface area contributed by atoms with Crippen LogP contribution in [0.15, 0.2) is 12.4 Å². The fraction of sp³-hybridized carbons (Fsp3) is 0.750. The first-order valence-electron chi connectivity index (χ1n) is 8.02. The van der Waals surface area contributed by atoms with Crippen LogP contribution in [0, 0.1) is 0 Å². The first kappa shape index (κ1) is 17.9. The highest BCUT2D eigenvalue weighted by atomic mass is 16.5. The predicted octanol–water partition coefficient (Wildman–Crippen LogP) is 2.94. The standard InChI is InChI=1S/C16H30N4O/c1-5-8-17-16-12-18-14(11-19-16)13-20(9-10-21-4)15(6-2)7-3/h11-12,15H,5-10,13H2,1-4H3,(H,17,19). The lowest BCUT2D eigenvalue weighted by Crippen LogP contribution is -2.36. The molecule has 0 radical (unpaired) electrons. The molecule has 0 aliphatic heterocycles. The lowest BCUT2D eigenvalue weighted by molar-refractivity contribution is 0.109. The monoisotopic (exact) mass is 294 g/mol. The van der Waals surface area contributed by atoms with Crippen molar-refractivity contribution in [1.29, 1.82) is 0 Å². The summed E-state index contributed by atoms with van der Waals surface area (Å²) in [7, 11) is 1.75. The van der Waals surface area contributed by atoms with Gasteiger partial charge in [-0.1, -0.05) is 20.8 Å².